The molecule has 0 saturated heterocycles. The first-order valence-electron chi connectivity index (χ1n) is 4.63. The second-order valence-electron chi connectivity index (χ2n) is 4.52. The van der Waals surface area contributed by atoms with E-state index in [9.17, 15) is 4.79 Å². The Bertz CT molecular complexity index is 148. The van der Waals surface area contributed by atoms with Crippen molar-refractivity contribution >= 4 is 54.8 Å². The molecule has 0 aromatic carbocycles. The van der Waals surface area contributed by atoms with Gasteiger partial charge in [0.1, 0.15) is 0 Å². The number of unbranched alkanes of at least 4 members (excludes halogenated alkanes) is 2. The second-order valence-corrected chi connectivity index (χ2v) is 4.52. The maximum Gasteiger partial charge on any atom is 3.00 e. The van der Waals surface area contributed by atoms with E-state index in [1.165, 1.54) is 6.42 Å². The van der Waals surface area contributed by atoms with Crippen LogP contribution in [0.15, 0.2) is 0 Å². The van der Waals surface area contributed by atoms with Gasteiger partial charge in [-0.3, -0.25) is 4.79 Å². The normalized spacial score (nSPS) is 8.18. The third-order valence-corrected chi connectivity index (χ3v) is 1.82. The number of hydrogen-bond acceptors (Lipinski definition) is 1. The predicted molar refractivity (Wildman–Crippen MR) is 63.7 cm³/mol. The number of rotatable bonds is 5. The first kappa shape index (κ1) is 36.1. The van der Waals surface area contributed by atoms with Crippen molar-refractivity contribution < 1.29 is 26.3 Å². The van der Waals surface area contributed by atoms with Gasteiger partial charge in [-0.15, -0.1) is 0 Å². The van der Waals surface area contributed by atoms with Crippen molar-refractivity contribution in [2.75, 3.05) is 0 Å². The zero-order valence-corrected chi connectivity index (χ0v) is 15.6. The van der Waals surface area contributed by atoms with Gasteiger partial charge in [0.25, 0.3) is 0 Å². The largest absolute Gasteiger partial charge is 3.00 e. The van der Waals surface area contributed by atoms with Crippen molar-refractivity contribution in [1.82, 2.24) is 0 Å². The van der Waals surface area contributed by atoms with Gasteiger partial charge < -0.3 is 21.5 Å². The molecule has 0 amide bonds. The third-order valence-electron chi connectivity index (χ3n) is 1.82. The standard InChI is InChI=1S/C10H20O2.3O.2Sb/c1-10(2,3)8-6-4-5-7-9(11)12;;;;;/h4-8H2,1-3H3,(H,11,12);;;;;/q;3*-2;2*+3. The van der Waals surface area contributed by atoms with Crippen LogP contribution in [-0.2, 0) is 21.2 Å². The molecule has 0 aromatic heterocycles. The molecular formula is C10H20O5Sb2. The third kappa shape index (κ3) is 38.3. The van der Waals surface area contributed by atoms with Crippen LogP contribution < -0.4 is 0 Å². The van der Waals surface area contributed by atoms with Crippen LogP contribution in [0.2, 0.25) is 0 Å². The Kier molecular flexibility index (Phi) is 41.1. The summed E-state index contributed by atoms with van der Waals surface area (Å²) in [5.74, 6) is -0.675. The molecule has 0 fully saturated rings. The van der Waals surface area contributed by atoms with Gasteiger partial charge in [0.05, 0.1) is 0 Å². The molecule has 0 unspecified atom stereocenters. The van der Waals surface area contributed by atoms with E-state index < -0.39 is 5.97 Å². The average Bonchev–Trinajstić information content (AvgIpc) is 1.83. The molecule has 0 bridgehead atoms. The summed E-state index contributed by atoms with van der Waals surface area (Å²) in [7, 11) is 0. The van der Waals surface area contributed by atoms with Crippen molar-refractivity contribution in [3.8, 4) is 0 Å². The van der Waals surface area contributed by atoms with Gasteiger partial charge in [-0.2, -0.15) is 0 Å². The molecule has 4 radical (unpaired) electrons. The fourth-order valence-corrected chi connectivity index (χ4v) is 1.11. The van der Waals surface area contributed by atoms with E-state index in [4.69, 9.17) is 5.11 Å². The topological polar surface area (TPSA) is 123 Å². The molecule has 0 spiro atoms. The summed E-state index contributed by atoms with van der Waals surface area (Å²) in [5, 5.41) is 8.37. The first-order chi connectivity index (χ1) is 5.42. The molecule has 100 valence electrons. The van der Waals surface area contributed by atoms with Gasteiger partial charge in [-0.1, -0.05) is 33.6 Å². The zero-order chi connectivity index (χ0) is 9.61. The molecule has 0 heterocycles. The molecule has 0 saturated carbocycles. The SMILES string of the molecule is CC(C)(C)CCCCCC(=O)O.[O-2].[O-2].[O-2].[Sb+3].[Sb+3]. The van der Waals surface area contributed by atoms with Gasteiger partial charge in [0.2, 0.25) is 0 Å². The Morgan fingerprint density at radius 3 is 1.65 bits per heavy atom. The fraction of sp³-hybridized carbons (Fsp3) is 0.900. The number of aliphatic carboxylic acids is 1. The van der Waals surface area contributed by atoms with Crippen LogP contribution in [0.4, 0.5) is 0 Å². The molecule has 7 heteroatoms. The first-order valence-corrected chi connectivity index (χ1v) is 4.63. The van der Waals surface area contributed by atoms with E-state index >= 15 is 0 Å². The number of carbonyl (C=O) groups is 1. The van der Waals surface area contributed by atoms with Gasteiger partial charge in [-0.05, 0) is 18.3 Å². The summed E-state index contributed by atoms with van der Waals surface area (Å²) in [6, 6.07) is 0. The maximum atomic E-state index is 10.2. The molecule has 0 atom stereocenters. The number of carboxylic acids is 1. The molecular weight excluding hydrogens is 444 g/mol. The monoisotopic (exact) mass is 462 g/mol. The van der Waals surface area contributed by atoms with Crippen molar-refractivity contribution in [2.45, 2.75) is 52.9 Å². The van der Waals surface area contributed by atoms with Crippen LogP contribution in [0.1, 0.15) is 52.9 Å². The number of hydrogen-bond donors (Lipinski definition) is 1. The molecule has 0 aliphatic heterocycles. The molecule has 0 rings (SSSR count). The van der Waals surface area contributed by atoms with E-state index in [-0.39, 0.29) is 65.3 Å². The Balaban J connectivity index is -0.0000000605. The van der Waals surface area contributed by atoms with Crippen molar-refractivity contribution in [3.63, 3.8) is 0 Å². The van der Waals surface area contributed by atoms with Crippen LogP contribution >= 0.6 is 0 Å². The minimum absolute atomic E-state index is 0. The Morgan fingerprint density at radius 2 is 1.35 bits per heavy atom. The van der Waals surface area contributed by atoms with E-state index in [0.717, 1.165) is 19.3 Å². The van der Waals surface area contributed by atoms with Gasteiger partial charge >= 0.3 is 54.8 Å². The molecule has 0 aliphatic rings. The van der Waals surface area contributed by atoms with E-state index in [2.05, 4.69) is 20.8 Å². The molecule has 17 heavy (non-hydrogen) atoms. The van der Waals surface area contributed by atoms with Crippen molar-refractivity contribution in [3.05, 3.63) is 0 Å². The van der Waals surface area contributed by atoms with E-state index in [0.29, 0.717) is 11.8 Å². The van der Waals surface area contributed by atoms with Gasteiger partial charge in [0, 0.05) is 6.42 Å². The van der Waals surface area contributed by atoms with Crippen LogP contribution in [0.25, 0.3) is 0 Å². The van der Waals surface area contributed by atoms with Crippen molar-refractivity contribution in [2.24, 2.45) is 5.41 Å². The summed E-state index contributed by atoms with van der Waals surface area (Å²) in [6.07, 6.45) is 4.53. The quantitative estimate of drug-likeness (QED) is 0.494. The van der Waals surface area contributed by atoms with Crippen molar-refractivity contribution in [1.29, 1.82) is 0 Å². The Hall–Kier alpha value is 0.986. The minimum Gasteiger partial charge on any atom is -2.00 e. The molecule has 0 aliphatic carbocycles. The summed E-state index contributed by atoms with van der Waals surface area (Å²) in [5.41, 5.74) is 0.392. The predicted octanol–water partition coefficient (Wildman–Crippen LogP) is 1.95. The van der Waals surface area contributed by atoms with Crippen LogP contribution in [0, 0.1) is 5.41 Å². The zero-order valence-electron chi connectivity index (χ0n) is 10.5. The molecule has 5 nitrogen and oxygen atoms in total. The van der Waals surface area contributed by atoms with Crippen LogP contribution in [0.5, 0.6) is 0 Å². The Morgan fingerprint density at radius 1 is 0.941 bits per heavy atom. The Labute approximate surface area is 139 Å². The van der Waals surface area contributed by atoms with Crippen LogP contribution in [0.3, 0.4) is 0 Å². The van der Waals surface area contributed by atoms with E-state index in [1.807, 2.05) is 0 Å². The average molecular weight is 464 g/mol. The summed E-state index contributed by atoms with van der Waals surface area (Å²) in [4.78, 5) is 10.2. The fourth-order valence-electron chi connectivity index (χ4n) is 1.11. The number of carboxylic acid groups (broad SMARTS) is 1. The van der Waals surface area contributed by atoms with Gasteiger partial charge in [0.15, 0.2) is 0 Å². The maximum absolute atomic E-state index is 10.2. The molecule has 0 aromatic rings. The van der Waals surface area contributed by atoms with Gasteiger partial charge in [-0.25, -0.2) is 0 Å². The minimum atomic E-state index is -0.675. The summed E-state index contributed by atoms with van der Waals surface area (Å²) >= 11 is 0. The summed E-state index contributed by atoms with van der Waals surface area (Å²) in [6.45, 7) is 6.64. The van der Waals surface area contributed by atoms with Crippen LogP contribution in [-0.4, -0.2) is 59.9 Å². The van der Waals surface area contributed by atoms with E-state index in [1.54, 1.807) is 0 Å². The molecule has 1 N–H and O–H groups in total. The smallest absolute Gasteiger partial charge is 2.00 e. The summed E-state index contributed by atoms with van der Waals surface area (Å²) < 4.78 is 0. The second kappa shape index (κ2) is 19.3.